The number of hydrogen-bond donors (Lipinski definition) is 1. The van der Waals surface area contributed by atoms with Crippen molar-refractivity contribution < 1.29 is 0 Å². The maximum absolute atomic E-state index is 5.54. The highest BCUT2D eigenvalue weighted by Gasteiger charge is 2.39. The Morgan fingerprint density at radius 1 is 1.32 bits per heavy atom. The summed E-state index contributed by atoms with van der Waals surface area (Å²) >= 11 is 5.54. The normalized spacial score (nSPS) is 29.4. The number of rotatable bonds is 2. The van der Waals surface area contributed by atoms with Crippen molar-refractivity contribution in [3.63, 3.8) is 0 Å². The Kier molecular flexibility index (Phi) is 2.59. The summed E-state index contributed by atoms with van der Waals surface area (Å²) in [6.07, 6.45) is 5.81. The first-order valence-electron chi connectivity index (χ1n) is 7.40. The van der Waals surface area contributed by atoms with Crippen LogP contribution in [0.2, 0.25) is 0 Å². The van der Waals surface area contributed by atoms with Crippen molar-refractivity contribution in [2.45, 2.75) is 39.2 Å². The molecule has 0 aliphatic heterocycles. The molecule has 2 aliphatic carbocycles. The van der Waals surface area contributed by atoms with E-state index in [1.165, 1.54) is 42.3 Å². The number of imidazole rings is 1. The van der Waals surface area contributed by atoms with E-state index >= 15 is 0 Å². The van der Waals surface area contributed by atoms with Crippen LogP contribution in [-0.2, 0) is 6.54 Å². The van der Waals surface area contributed by atoms with Crippen LogP contribution in [0.15, 0.2) is 18.2 Å². The van der Waals surface area contributed by atoms with Crippen molar-refractivity contribution in [1.29, 1.82) is 0 Å². The van der Waals surface area contributed by atoms with Gasteiger partial charge in [-0.15, -0.1) is 0 Å². The van der Waals surface area contributed by atoms with Crippen molar-refractivity contribution in [2.24, 2.45) is 17.8 Å². The molecule has 2 aromatic rings. The molecule has 3 atom stereocenters. The van der Waals surface area contributed by atoms with Gasteiger partial charge < -0.3 is 9.55 Å². The minimum Gasteiger partial charge on any atom is -0.331 e. The van der Waals surface area contributed by atoms with Crippen LogP contribution in [-0.4, -0.2) is 9.55 Å². The molecule has 3 unspecified atom stereocenters. The summed E-state index contributed by atoms with van der Waals surface area (Å²) in [5, 5.41) is 0. The summed E-state index contributed by atoms with van der Waals surface area (Å²) in [5.41, 5.74) is 3.83. The van der Waals surface area contributed by atoms with E-state index in [0.29, 0.717) is 0 Å². The molecule has 2 aliphatic rings. The van der Waals surface area contributed by atoms with Gasteiger partial charge in [0.25, 0.3) is 0 Å². The van der Waals surface area contributed by atoms with E-state index in [1.54, 1.807) is 0 Å². The van der Waals surface area contributed by atoms with Crippen LogP contribution in [0.25, 0.3) is 11.0 Å². The Morgan fingerprint density at radius 3 is 2.95 bits per heavy atom. The molecule has 100 valence electrons. The third-order valence-corrected chi connectivity index (χ3v) is 5.62. The molecule has 1 N–H and O–H groups in total. The highest BCUT2D eigenvalue weighted by Crippen LogP contribution is 2.49. The zero-order valence-corrected chi connectivity index (χ0v) is 12.2. The van der Waals surface area contributed by atoms with Crippen LogP contribution in [0.5, 0.6) is 0 Å². The zero-order valence-electron chi connectivity index (χ0n) is 11.4. The Hall–Kier alpha value is -1.09. The van der Waals surface area contributed by atoms with Crippen LogP contribution in [0.4, 0.5) is 0 Å². The number of nitrogens with zero attached hydrogens (tertiary/aromatic N) is 1. The average molecular weight is 272 g/mol. The Labute approximate surface area is 118 Å². The molecule has 1 heterocycles. The van der Waals surface area contributed by atoms with Crippen molar-refractivity contribution in [1.82, 2.24) is 9.55 Å². The molecular formula is C16H20N2S. The summed E-state index contributed by atoms with van der Waals surface area (Å²) in [5.74, 6) is 2.82. The SMILES string of the molecule is Cc1cccc2[nH]c(=S)n(CC3CC4CCC3C4)c12. The average Bonchev–Trinajstić information content (AvgIpc) is 3.05. The fourth-order valence-corrected chi connectivity index (χ4v) is 4.69. The van der Waals surface area contributed by atoms with Gasteiger partial charge in [0.2, 0.25) is 0 Å². The van der Waals surface area contributed by atoms with Crippen LogP contribution in [0.3, 0.4) is 0 Å². The summed E-state index contributed by atoms with van der Waals surface area (Å²) in [4.78, 5) is 3.36. The number of benzene rings is 1. The molecule has 4 rings (SSSR count). The van der Waals surface area contributed by atoms with Crippen LogP contribution < -0.4 is 0 Å². The third kappa shape index (κ3) is 1.78. The fraction of sp³-hybridized carbons (Fsp3) is 0.562. The van der Waals surface area contributed by atoms with Crippen molar-refractivity contribution in [3.8, 4) is 0 Å². The summed E-state index contributed by atoms with van der Waals surface area (Å²) < 4.78 is 3.25. The third-order valence-electron chi connectivity index (χ3n) is 5.30. The Morgan fingerprint density at radius 2 is 2.21 bits per heavy atom. The highest BCUT2D eigenvalue weighted by atomic mass is 32.1. The number of para-hydroxylation sites is 1. The highest BCUT2D eigenvalue weighted by molar-refractivity contribution is 7.71. The lowest BCUT2D eigenvalue weighted by molar-refractivity contribution is 0.297. The smallest absolute Gasteiger partial charge is 0.178 e. The molecule has 19 heavy (non-hydrogen) atoms. The van der Waals surface area contributed by atoms with Gasteiger partial charge in [-0.25, -0.2) is 0 Å². The minimum atomic E-state index is 0.851. The lowest BCUT2D eigenvalue weighted by atomic mass is 9.89. The number of aryl methyl sites for hydroxylation is 1. The molecule has 0 amide bonds. The molecule has 2 fully saturated rings. The Balaban J connectivity index is 1.75. The second-order valence-electron chi connectivity index (χ2n) is 6.45. The second kappa shape index (κ2) is 4.20. The first-order chi connectivity index (χ1) is 9.22. The van der Waals surface area contributed by atoms with Gasteiger partial charge in [0, 0.05) is 6.54 Å². The van der Waals surface area contributed by atoms with Gasteiger partial charge in [0.15, 0.2) is 4.77 Å². The van der Waals surface area contributed by atoms with Crippen molar-refractivity contribution in [2.75, 3.05) is 0 Å². The van der Waals surface area contributed by atoms with Gasteiger partial charge in [0.05, 0.1) is 11.0 Å². The van der Waals surface area contributed by atoms with Gasteiger partial charge in [0.1, 0.15) is 0 Å². The standard InChI is InChI=1S/C16H20N2S/c1-10-3-2-4-14-15(10)18(16(19)17-14)9-13-8-11-5-6-12(13)7-11/h2-4,11-13H,5-9H2,1H3,(H,17,19). The number of aromatic amines is 1. The molecule has 0 radical (unpaired) electrons. The van der Waals surface area contributed by atoms with E-state index in [9.17, 15) is 0 Å². The molecule has 2 nitrogen and oxygen atoms in total. The van der Waals surface area contributed by atoms with Gasteiger partial charge in [-0.3, -0.25) is 0 Å². The lowest BCUT2D eigenvalue weighted by Gasteiger charge is -2.22. The van der Waals surface area contributed by atoms with E-state index in [2.05, 4.69) is 34.7 Å². The second-order valence-corrected chi connectivity index (χ2v) is 6.83. The van der Waals surface area contributed by atoms with Gasteiger partial charge >= 0.3 is 0 Å². The first-order valence-corrected chi connectivity index (χ1v) is 7.81. The van der Waals surface area contributed by atoms with Gasteiger partial charge in [-0.05, 0) is 67.8 Å². The molecule has 0 saturated heterocycles. The van der Waals surface area contributed by atoms with Crippen LogP contribution in [0.1, 0.15) is 31.2 Å². The molecule has 2 saturated carbocycles. The van der Waals surface area contributed by atoms with Gasteiger partial charge in [-0.1, -0.05) is 18.6 Å². The maximum atomic E-state index is 5.54. The fourth-order valence-electron chi connectivity index (χ4n) is 4.41. The van der Waals surface area contributed by atoms with Crippen LogP contribution in [0, 0.1) is 29.4 Å². The lowest BCUT2D eigenvalue weighted by Crippen LogP contribution is -2.17. The van der Waals surface area contributed by atoms with E-state index in [4.69, 9.17) is 12.2 Å². The topological polar surface area (TPSA) is 20.7 Å². The molecule has 2 bridgehead atoms. The molecule has 0 spiro atoms. The van der Waals surface area contributed by atoms with E-state index < -0.39 is 0 Å². The Bertz CT molecular complexity index is 682. The summed E-state index contributed by atoms with van der Waals surface area (Å²) in [6.45, 7) is 3.30. The number of fused-ring (bicyclic) bond motifs is 3. The van der Waals surface area contributed by atoms with Crippen molar-refractivity contribution in [3.05, 3.63) is 28.5 Å². The van der Waals surface area contributed by atoms with E-state index in [-0.39, 0.29) is 0 Å². The monoisotopic (exact) mass is 272 g/mol. The zero-order chi connectivity index (χ0) is 13.0. The predicted octanol–water partition coefficient (Wildman–Crippen LogP) is 4.44. The number of H-pyrrole nitrogens is 1. The van der Waals surface area contributed by atoms with Gasteiger partial charge in [-0.2, -0.15) is 0 Å². The molecule has 1 aromatic carbocycles. The van der Waals surface area contributed by atoms with Crippen LogP contribution >= 0.6 is 12.2 Å². The maximum Gasteiger partial charge on any atom is 0.178 e. The van der Waals surface area contributed by atoms with Crippen molar-refractivity contribution >= 4 is 23.3 Å². The predicted molar refractivity (Wildman–Crippen MR) is 80.8 cm³/mol. The molecule has 1 aromatic heterocycles. The first kappa shape index (κ1) is 11.7. The molecule has 3 heteroatoms. The van der Waals surface area contributed by atoms with E-state index in [1.807, 2.05) is 0 Å². The quantitative estimate of drug-likeness (QED) is 0.801. The minimum absolute atomic E-state index is 0.851. The largest absolute Gasteiger partial charge is 0.331 e. The number of nitrogens with one attached hydrogen (secondary N) is 1. The number of aromatic nitrogens is 2. The summed E-state index contributed by atoms with van der Waals surface area (Å²) in [7, 11) is 0. The summed E-state index contributed by atoms with van der Waals surface area (Å²) in [6, 6.07) is 6.42. The molecular weight excluding hydrogens is 252 g/mol. The van der Waals surface area contributed by atoms with E-state index in [0.717, 1.165) is 29.1 Å². The number of hydrogen-bond acceptors (Lipinski definition) is 1.